The Bertz CT molecular complexity index is 1140. The van der Waals surface area contributed by atoms with E-state index < -0.39 is 64.1 Å². The molecule has 1 aromatic rings. The molecule has 0 amide bonds. The van der Waals surface area contributed by atoms with Gasteiger partial charge in [0.05, 0.1) is 44.7 Å². The van der Waals surface area contributed by atoms with Crippen LogP contribution in [-0.4, -0.2) is 84.0 Å². The van der Waals surface area contributed by atoms with E-state index in [4.69, 9.17) is 23.7 Å². The first-order valence-electron chi connectivity index (χ1n) is 13.1. The quantitative estimate of drug-likeness (QED) is 0.359. The number of aliphatic hydroxyl groups excluding tert-OH is 2. The topological polar surface area (TPSA) is 141 Å². The van der Waals surface area contributed by atoms with Gasteiger partial charge < -0.3 is 39.0 Å². The Morgan fingerprint density at radius 2 is 1.67 bits per heavy atom. The number of carbonyl (C=O) groups is 2. The van der Waals surface area contributed by atoms with Gasteiger partial charge in [-0.25, -0.2) is 4.79 Å². The number of rotatable bonds is 6. The zero-order valence-corrected chi connectivity index (χ0v) is 23.6. The number of fused-ring (bicyclic) bond motifs is 3. The zero-order valence-electron chi connectivity index (χ0n) is 23.6. The smallest absolute Gasteiger partial charge is 0.338 e. The van der Waals surface area contributed by atoms with Crippen molar-refractivity contribution in [1.29, 1.82) is 0 Å². The highest BCUT2D eigenvalue weighted by Crippen LogP contribution is 2.64. The first kappa shape index (κ1) is 29.3. The monoisotopic (exact) mass is 548 g/mol. The van der Waals surface area contributed by atoms with Crippen molar-refractivity contribution in [2.45, 2.75) is 82.6 Å². The van der Waals surface area contributed by atoms with Gasteiger partial charge in [0.1, 0.15) is 6.10 Å². The second-order valence-electron chi connectivity index (χ2n) is 12.0. The fourth-order valence-corrected chi connectivity index (χ4v) is 7.24. The van der Waals surface area contributed by atoms with Crippen LogP contribution in [0.1, 0.15) is 57.3 Å². The van der Waals surface area contributed by atoms with Gasteiger partial charge >= 0.3 is 5.97 Å². The third kappa shape index (κ3) is 4.15. The summed E-state index contributed by atoms with van der Waals surface area (Å²) in [6, 6.07) is 2.81. The maximum atomic E-state index is 13.8. The SMILES string of the molecule is C=C[C@@]1(C)CC(=O)[C@@]2(O)[C@H](O1)C(OC(=O)c1cc(OC)c(OC)c(OC)c1)C(O)[C@H]1C(C)(C)CC[C@H](O)C12C. The lowest BCUT2D eigenvalue weighted by Crippen LogP contribution is -2.82. The minimum atomic E-state index is -2.25. The predicted octanol–water partition coefficient (Wildman–Crippen LogP) is 2.45. The van der Waals surface area contributed by atoms with E-state index in [-0.39, 0.29) is 29.2 Å². The number of hydrogen-bond acceptors (Lipinski definition) is 10. The van der Waals surface area contributed by atoms with Crippen LogP contribution in [0, 0.1) is 16.7 Å². The molecule has 3 fully saturated rings. The molecule has 0 spiro atoms. The van der Waals surface area contributed by atoms with Crippen LogP contribution >= 0.6 is 0 Å². The predicted molar refractivity (Wildman–Crippen MR) is 140 cm³/mol. The Balaban J connectivity index is 1.85. The molecule has 8 atom stereocenters. The largest absolute Gasteiger partial charge is 0.493 e. The summed E-state index contributed by atoms with van der Waals surface area (Å²) < 4.78 is 28.2. The second-order valence-corrected chi connectivity index (χ2v) is 12.0. The highest BCUT2D eigenvalue weighted by Gasteiger charge is 2.76. The van der Waals surface area contributed by atoms with E-state index in [9.17, 15) is 24.9 Å². The van der Waals surface area contributed by atoms with Crippen LogP contribution < -0.4 is 14.2 Å². The van der Waals surface area contributed by atoms with Crippen molar-refractivity contribution >= 4 is 11.8 Å². The van der Waals surface area contributed by atoms with Gasteiger partial charge in [-0.2, -0.15) is 0 Å². The van der Waals surface area contributed by atoms with Crippen LogP contribution in [0.5, 0.6) is 17.2 Å². The lowest BCUT2D eigenvalue weighted by Gasteiger charge is -2.67. The first-order chi connectivity index (χ1) is 18.1. The number of ether oxygens (including phenoxy) is 5. The van der Waals surface area contributed by atoms with Crippen molar-refractivity contribution < 1.29 is 48.6 Å². The van der Waals surface area contributed by atoms with E-state index in [1.54, 1.807) is 13.8 Å². The van der Waals surface area contributed by atoms with Crippen molar-refractivity contribution in [2.24, 2.45) is 16.7 Å². The Morgan fingerprint density at radius 3 is 2.18 bits per heavy atom. The number of carbonyl (C=O) groups excluding carboxylic acids is 2. The number of hydrogen-bond donors (Lipinski definition) is 3. The van der Waals surface area contributed by atoms with Gasteiger partial charge in [0, 0.05) is 17.8 Å². The van der Waals surface area contributed by atoms with E-state index in [0.717, 1.165) is 0 Å². The standard InChI is InChI=1S/C29H40O10/c1-9-27(4)14-19(31)29(34)24(39-27)22(20(32)23-26(2,3)11-10-18(30)28(23,29)5)38-25(33)15-12-16(35-6)21(37-8)17(13-15)36-7/h9,12-13,18,20,22-24,30,32,34H,1,10-11,14H2,2-8H3/t18-,20?,22?,23-,24+,27-,28?,29+/m0/s1. The Hall–Kier alpha value is -2.66. The average Bonchev–Trinajstić information content (AvgIpc) is 2.89. The number of ketones is 1. The van der Waals surface area contributed by atoms with E-state index in [0.29, 0.717) is 12.8 Å². The third-order valence-corrected chi connectivity index (χ3v) is 9.36. The van der Waals surface area contributed by atoms with E-state index in [2.05, 4.69) is 6.58 Å². The van der Waals surface area contributed by atoms with Gasteiger partial charge in [-0.05, 0) is 37.3 Å². The van der Waals surface area contributed by atoms with Crippen LogP contribution in [0.15, 0.2) is 24.8 Å². The molecule has 3 aliphatic rings. The van der Waals surface area contributed by atoms with Gasteiger partial charge in [-0.15, -0.1) is 6.58 Å². The number of benzene rings is 1. The van der Waals surface area contributed by atoms with Crippen LogP contribution in [0.25, 0.3) is 0 Å². The highest BCUT2D eigenvalue weighted by atomic mass is 16.6. The summed E-state index contributed by atoms with van der Waals surface area (Å²) in [5.41, 5.74) is -5.51. The van der Waals surface area contributed by atoms with Crippen LogP contribution in [0.4, 0.5) is 0 Å². The van der Waals surface area contributed by atoms with Gasteiger partial charge in [-0.3, -0.25) is 4.79 Å². The van der Waals surface area contributed by atoms with Gasteiger partial charge in [0.2, 0.25) is 5.75 Å². The maximum Gasteiger partial charge on any atom is 0.338 e. The lowest BCUT2D eigenvalue weighted by molar-refractivity contribution is -0.334. The number of methoxy groups -OCH3 is 3. The molecule has 216 valence electrons. The summed E-state index contributed by atoms with van der Waals surface area (Å²) in [7, 11) is 4.25. The summed E-state index contributed by atoms with van der Waals surface area (Å²) in [6.07, 6.45) is -3.31. The molecule has 10 nitrogen and oxygen atoms in total. The molecule has 4 rings (SSSR count). The first-order valence-corrected chi connectivity index (χ1v) is 13.1. The molecular formula is C29H40O10. The summed E-state index contributed by atoms with van der Waals surface area (Å²) in [5, 5.41) is 35.5. The van der Waals surface area contributed by atoms with E-state index in [1.165, 1.54) is 39.5 Å². The minimum absolute atomic E-state index is 0.0325. The number of esters is 1. The van der Waals surface area contributed by atoms with Gasteiger partial charge in [-0.1, -0.05) is 26.8 Å². The fraction of sp³-hybridized carbons (Fsp3) is 0.655. The molecule has 1 aliphatic heterocycles. The molecular weight excluding hydrogens is 508 g/mol. The molecule has 2 saturated carbocycles. The van der Waals surface area contributed by atoms with Crippen LogP contribution in [-0.2, 0) is 14.3 Å². The summed E-state index contributed by atoms with van der Waals surface area (Å²) in [5.74, 6) is -1.52. The number of Topliss-reactive ketones (excluding diaryl/α,β-unsaturated/α-hetero) is 1. The summed E-state index contributed by atoms with van der Waals surface area (Å²) >= 11 is 0. The Morgan fingerprint density at radius 1 is 1.08 bits per heavy atom. The molecule has 1 aromatic carbocycles. The van der Waals surface area contributed by atoms with Gasteiger partial charge in [0.15, 0.2) is 29.0 Å². The highest BCUT2D eigenvalue weighted by molar-refractivity contribution is 5.93. The number of aliphatic hydroxyl groups is 3. The molecule has 3 unspecified atom stereocenters. The summed E-state index contributed by atoms with van der Waals surface area (Å²) in [4.78, 5) is 27.4. The van der Waals surface area contributed by atoms with Crippen LogP contribution in [0.3, 0.4) is 0 Å². The second kappa shape index (κ2) is 9.76. The molecule has 0 bridgehead atoms. The molecule has 3 N–H and O–H groups in total. The summed E-state index contributed by atoms with van der Waals surface area (Å²) in [6.45, 7) is 10.9. The molecule has 2 aliphatic carbocycles. The van der Waals surface area contributed by atoms with Crippen molar-refractivity contribution in [3.8, 4) is 17.2 Å². The normalized spacial score (nSPS) is 39.1. The van der Waals surface area contributed by atoms with Crippen LogP contribution in [0.2, 0.25) is 0 Å². The van der Waals surface area contributed by atoms with Crippen molar-refractivity contribution in [3.05, 3.63) is 30.4 Å². The van der Waals surface area contributed by atoms with E-state index in [1.807, 2.05) is 13.8 Å². The van der Waals surface area contributed by atoms with Crippen molar-refractivity contribution in [1.82, 2.24) is 0 Å². The third-order valence-electron chi connectivity index (χ3n) is 9.36. The Labute approximate surface area is 228 Å². The lowest BCUT2D eigenvalue weighted by atomic mass is 9.42. The molecule has 0 radical (unpaired) electrons. The average molecular weight is 549 g/mol. The Kier molecular flexibility index (Phi) is 7.34. The molecule has 1 saturated heterocycles. The molecule has 10 heteroatoms. The zero-order chi connectivity index (χ0) is 29.1. The molecule has 39 heavy (non-hydrogen) atoms. The molecule has 0 aromatic heterocycles. The van der Waals surface area contributed by atoms with Crippen molar-refractivity contribution in [2.75, 3.05) is 21.3 Å². The maximum absolute atomic E-state index is 13.8. The van der Waals surface area contributed by atoms with E-state index >= 15 is 0 Å². The molecule has 1 heterocycles. The van der Waals surface area contributed by atoms with Crippen molar-refractivity contribution in [3.63, 3.8) is 0 Å². The van der Waals surface area contributed by atoms with Gasteiger partial charge in [0.25, 0.3) is 0 Å². The fourth-order valence-electron chi connectivity index (χ4n) is 7.24. The minimum Gasteiger partial charge on any atom is -0.493 e.